The molecule has 0 unspecified atom stereocenters. The van der Waals surface area contributed by atoms with E-state index in [1.165, 1.54) is 13.0 Å². The second-order valence-electron chi connectivity index (χ2n) is 3.31. The summed E-state index contributed by atoms with van der Waals surface area (Å²) >= 11 is 3.33. The van der Waals surface area contributed by atoms with Gasteiger partial charge in [0.05, 0.1) is 5.57 Å². The van der Waals surface area contributed by atoms with Gasteiger partial charge >= 0.3 is 0 Å². The summed E-state index contributed by atoms with van der Waals surface area (Å²) in [6.07, 6.45) is 1.35. The van der Waals surface area contributed by atoms with E-state index in [4.69, 9.17) is 0 Å². The Kier molecular flexibility index (Phi) is 2.44. The van der Waals surface area contributed by atoms with Crippen molar-refractivity contribution in [3.8, 4) is 0 Å². The molecule has 1 heterocycles. The first-order chi connectivity index (χ1) is 7.08. The van der Waals surface area contributed by atoms with Crippen molar-refractivity contribution in [2.45, 2.75) is 6.92 Å². The number of carbonyl (C=O) groups is 2. The summed E-state index contributed by atoms with van der Waals surface area (Å²) in [6, 6.07) is 5.47. The normalized spacial score (nSPS) is 16.4. The van der Waals surface area contributed by atoms with E-state index in [1.54, 1.807) is 6.07 Å². The second-order valence-corrected chi connectivity index (χ2v) is 4.23. The number of rotatable bonds is 1. The number of hydrogen-bond acceptors (Lipinski definition) is 2. The Bertz CT molecular complexity index is 491. The molecule has 1 aliphatic heterocycles. The van der Waals surface area contributed by atoms with E-state index in [2.05, 4.69) is 21.2 Å². The predicted molar refractivity (Wildman–Crippen MR) is 61.4 cm³/mol. The summed E-state index contributed by atoms with van der Waals surface area (Å²) in [5.74, 6) is -0.355. The van der Waals surface area contributed by atoms with E-state index in [9.17, 15) is 9.59 Å². The minimum atomic E-state index is -0.224. The maximum Gasteiger partial charge on any atom is 0.256 e. The molecule has 4 heteroatoms. The highest BCUT2D eigenvalue weighted by molar-refractivity contribution is 9.10. The molecule has 0 radical (unpaired) electrons. The molecule has 0 atom stereocenters. The zero-order valence-electron chi connectivity index (χ0n) is 8.00. The van der Waals surface area contributed by atoms with Crippen molar-refractivity contribution in [3.05, 3.63) is 34.3 Å². The van der Waals surface area contributed by atoms with Gasteiger partial charge in [-0.15, -0.1) is 0 Å². The minimum Gasteiger partial charge on any atom is -0.321 e. The molecule has 0 saturated heterocycles. The third-order valence-corrected chi connectivity index (χ3v) is 2.61. The summed E-state index contributed by atoms with van der Waals surface area (Å²) in [5.41, 5.74) is 1.94. The maximum absolute atomic E-state index is 11.5. The van der Waals surface area contributed by atoms with Crippen molar-refractivity contribution >= 4 is 38.9 Å². The summed E-state index contributed by atoms with van der Waals surface area (Å²) in [5, 5.41) is 2.70. The molecule has 0 fully saturated rings. The van der Waals surface area contributed by atoms with Crippen LogP contribution in [0.5, 0.6) is 0 Å². The molecule has 0 saturated carbocycles. The smallest absolute Gasteiger partial charge is 0.256 e. The highest BCUT2D eigenvalue weighted by Crippen LogP contribution is 2.33. The van der Waals surface area contributed by atoms with Crippen molar-refractivity contribution in [2.24, 2.45) is 0 Å². The Morgan fingerprint density at radius 1 is 1.47 bits per heavy atom. The average Bonchev–Trinajstić information content (AvgIpc) is 2.43. The average molecular weight is 266 g/mol. The van der Waals surface area contributed by atoms with Gasteiger partial charge in [0.1, 0.15) is 0 Å². The van der Waals surface area contributed by atoms with Gasteiger partial charge in [0.2, 0.25) is 0 Å². The molecule has 0 aliphatic carbocycles. The highest BCUT2D eigenvalue weighted by atomic mass is 79.9. The number of ketones is 1. The highest BCUT2D eigenvalue weighted by Gasteiger charge is 2.24. The molecule has 1 amide bonds. The van der Waals surface area contributed by atoms with Crippen molar-refractivity contribution in [2.75, 3.05) is 5.32 Å². The molecular formula is C11H8BrNO2. The quantitative estimate of drug-likeness (QED) is 0.793. The van der Waals surface area contributed by atoms with Crippen LogP contribution in [0.1, 0.15) is 12.5 Å². The first-order valence-electron chi connectivity index (χ1n) is 4.41. The SMILES string of the molecule is CC(=O)/C=C1/C(=O)Nc2ccc(Br)cc21. The first kappa shape index (κ1) is 10.1. The third kappa shape index (κ3) is 1.85. The molecule has 1 N–H and O–H groups in total. The lowest BCUT2D eigenvalue weighted by Crippen LogP contribution is -2.04. The number of benzene rings is 1. The van der Waals surface area contributed by atoms with Crippen molar-refractivity contribution in [1.29, 1.82) is 0 Å². The largest absolute Gasteiger partial charge is 0.321 e. The molecule has 0 spiro atoms. The van der Waals surface area contributed by atoms with Crippen LogP contribution in [0.25, 0.3) is 5.57 Å². The predicted octanol–water partition coefficient (Wildman–Crippen LogP) is 2.37. The summed E-state index contributed by atoms with van der Waals surface area (Å²) in [4.78, 5) is 22.5. The monoisotopic (exact) mass is 265 g/mol. The van der Waals surface area contributed by atoms with Crippen molar-refractivity contribution in [1.82, 2.24) is 0 Å². The van der Waals surface area contributed by atoms with Gasteiger partial charge in [0.25, 0.3) is 5.91 Å². The topological polar surface area (TPSA) is 46.2 Å². The number of anilines is 1. The van der Waals surface area contributed by atoms with E-state index in [0.29, 0.717) is 5.57 Å². The lowest BCUT2D eigenvalue weighted by Gasteiger charge is -1.97. The van der Waals surface area contributed by atoms with E-state index >= 15 is 0 Å². The Hall–Kier alpha value is -1.42. The van der Waals surface area contributed by atoms with Gasteiger partial charge in [-0.1, -0.05) is 15.9 Å². The molecule has 1 aromatic carbocycles. The first-order valence-corrected chi connectivity index (χ1v) is 5.21. The van der Waals surface area contributed by atoms with Gasteiger partial charge in [-0.25, -0.2) is 0 Å². The fourth-order valence-corrected chi connectivity index (χ4v) is 1.87. The van der Waals surface area contributed by atoms with E-state index < -0.39 is 0 Å². The fourth-order valence-electron chi connectivity index (χ4n) is 1.51. The van der Waals surface area contributed by atoms with Crippen molar-refractivity contribution < 1.29 is 9.59 Å². The van der Waals surface area contributed by atoms with E-state index in [-0.39, 0.29) is 11.7 Å². The third-order valence-electron chi connectivity index (χ3n) is 2.11. The molecule has 3 nitrogen and oxygen atoms in total. The Balaban J connectivity index is 2.58. The lowest BCUT2D eigenvalue weighted by atomic mass is 10.1. The number of carbonyl (C=O) groups excluding carboxylic acids is 2. The molecule has 1 aliphatic rings. The lowest BCUT2D eigenvalue weighted by molar-refractivity contribution is -0.113. The van der Waals surface area contributed by atoms with Crippen LogP contribution in [0.3, 0.4) is 0 Å². The number of allylic oxidation sites excluding steroid dienone is 1. The van der Waals surface area contributed by atoms with E-state index in [1.807, 2.05) is 12.1 Å². The number of hydrogen-bond donors (Lipinski definition) is 1. The molecule has 15 heavy (non-hydrogen) atoms. The van der Waals surface area contributed by atoms with Gasteiger partial charge < -0.3 is 5.32 Å². The summed E-state index contributed by atoms with van der Waals surface area (Å²) in [6.45, 7) is 1.43. The van der Waals surface area contributed by atoms with Gasteiger partial charge in [-0.05, 0) is 31.2 Å². The summed E-state index contributed by atoms with van der Waals surface area (Å²) < 4.78 is 0.882. The fraction of sp³-hybridized carbons (Fsp3) is 0.0909. The Morgan fingerprint density at radius 2 is 2.20 bits per heavy atom. The maximum atomic E-state index is 11.5. The van der Waals surface area contributed by atoms with Crippen LogP contribution in [0.15, 0.2) is 28.7 Å². The van der Waals surface area contributed by atoms with Crippen LogP contribution in [0.4, 0.5) is 5.69 Å². The Labute approximate surface area is 95.3 Å². The summed E-state index contributed by atoms with van der Waals surface area (Å²) in [7, 11) is 0. The van der Waals surface area contributed by atoms with Crippen LogP contribution >= 0.6 is 15.9 Å². The molecule has 0 aromatic heterocycles. The van der Waals surface area contributed by atoms with Crippen molar-refractivity contribution in [3.63, 3.8) is 0 Å². The van der Waals surface area contributed by atoms with Crippen LogP contribution < -0.4 is 5.32 Å². The zero-order valence-corrected chi connectivity index (χ0v) is 9.59. The molecule has 1 aromatic rings. The van der Waals surface area contributed by atoms with Crippen LogP contribution in [0, 0.1) is 0 Å². The van der Waals surface area contributed by atoms with Gasteiger partial charge in [-0.3, -0.25) is 9.59 Å². The van der Waals surface area contributed by atoms with Crippen LogP contribution in [0.2, 0.25) is 0 Å². The second kappa shape index (κ2) is 3.62. The Morgan fingerprint density at radius 3 is 2.87 bits per heavy atom. The van der Waals surface area contributed by atoms with Gasteiger partial charge in [0, 0.05) is 15.7 Å². The number of nitrogens with one attached hydrogen (secondary N) is 1. The standard InChI is InChI=1S/C11H8BrNO2/c1-6(14)4-9-8-5-7(12)2-3-10(8)13-11(9)15/h2-5H,1H3,(H,13,15)/b9-4+. The molecule has 76 valence electrons. The van der Waals surface area contributed by atoms with E-state index in [0.717, 1.165) is 15.7 Å². The molecule has 2 rings (SSSR count). The number of amides is 1. The van der Waals surface area contributed by atoms with Gasteiger partial charge in [-0.2, -0.15) is 0 Å². The number of fused-ring (bicyclic) bond motifs is 1. The minimum absolute atomic E-state index is 0.132. The zero-order chi connectivity index (χ0) is 11.0. The van der Waals surface area contributed by atoms with Crippen LogP contribution in [-0.4, -0.2) is 11.7 Å². The molecule has 0 bridgehead atoms. The molecular weight excluding hydrogens is 258 g/mol. The van der Waals surface area contributed by atoms with Gasteiger partial charge in [0.15, 0.2) is 5.78 Å². The number of halogens is 1. The van der Waals surface area contributed by atoms with Crippen LogP contribution in [-0.2, 0) is 9.59 Å².